The first-order valence-corrected chi connectivity index (χ1v) is 27.7. The molecule has 0 aliphatic carbocycles. The summed E-state index contributed by atoms with van der Waals surface area (Å²) in [6.45, 7) is 7.70. The molecule has 0 saturated carbocycles. The van der Waals surface area contributed by atoms with Gasteiger partial charge in [-0.15, -0.1) is 0 Å². The number of hydrogen-bond donors (Lipinski definition) is 10. The van der Waals surface area contributed by atoms with E-state index in [0.717, 1.165) is 40.2 Å². The van der Waals surface area contributed by atoms with Gasteiger partial charge in [0.1, 0.15) is 35.7 Å². The number of benzene rings is 4. The van der Waals surface area contributed by atoms with E-state index in [0.29, 0.717) is 36.8 Å². The average molecular weight is 1130 g/mol. The molecule has 23 nitrogen and oxygen atoms in total. The summed E-state index contributed by atoms with van der Waals surface area (Å²) in [5.41, 5.74) is 27.8. The van der Waals surface area contributed by atoms with Crippen LogP contribution in [0.2, 0.25) is 0 Å². The Balaban J connectivity index is 1.27. The number of phenols is 1. The van der Waals surface area contributed by atoms with E-state index in [9.17, 15) is 48.3 Å². The fourth-order valence-corrected chi connectivity index (χ4v) is 9.61. The number of hydrogen-bond acceptors (Lipinski definition) is 15. The number of unbranched alkanes of at least 4 members (excludes halogenated alkanes) is 2. The van der Waals surface area contributed by atoms with E-state index in [1.54, 1.807) is 19.1 Å². The van der Waals surface area contributed by atoms with Crippen molar-refractivity contribution in [3.63, 3.8) is 0 Å². The monoisotopic (exact) mass is 1130 g/mol. The van der Waals surface area contributed by atoms with Gasteiger partial charge < -0.3 is 73.9 Å². The van der Waals surface area contributed by atoms with Gasteiger partial charge in [0.2, 0.25) is 29.5 Å². The number of nitrogens with two attached hydrogens (primary N) is 4. The van der Waals surface area contributed by atoms with Crippen LogP contribution in [-0.2, 0) is 51.1 Å². The maximum absolute atomic E-state index is 14.9. The summed E-state index contributed by atoms with van der Waals surface area (Å²) in [7, 11) is 1.30. The molecule has 0 aromatic heterocycles. The quantitative estimate of drug-likeness (QED) is 0.0234. The van der Waals surface area contributed by atoms with Gasteiger partial charge in [-0.25, -0.2) is 4.79 Å². The van der Waals surface area contributed by atoms with Crippen LogP contribution in [0.1, 0.15) is 106 Å². The predicted molar refractivity (Wildman–Crippen MR) is 304 cm³/mol. The van der Waals surface area contributed by atoms with Crippen molar-refractivity contribution in [3.8, 4) is 33.8 Å². The number of nitrogens with one attached hydrogen (secondary N) is 5. The van der Waals surface area contributed by atoms with Gasteiger partial charge in [0.15, 0.2) is 12.3 Å². The molecule has 0 spiro atoms. The van der Waals surface area contributed by atoms with E-state index in [2.05, 4.69) is 57.8 Å². The van der Waals surface area contributed by atoms with E-state index in [1.807, 2.05) is 26.0 Å². The van der Waals surface area contributed by atoms with Crippen LogP contribution in [0.3, 0.4) is 0 Å². The van der Waals surface area contributed by atoms with Crippen molar-refractivity contribution in [2.24, 2.45) is 34.8 Å². The van der Waals surface area contributed by atoms with E-state index in [4.69, 9.17) is 32.4 Å². The van der Waals surface area contributed by atoms with Gasteiger partial charge in [-0.1, -0.05) is 82.6 Å². The van der Waals surface area contributed by atoms with E-state index in [-0.39, 0.29) is 73.2 Å². The average Bonchev–Trinajstić information content (AvgIpc) is 4.05. The van der Waals surface area contributed by atoms with E-state index in [1.165, 1.54) is 49.0 Å². The van der Waals surface area contributed by atoms with Crippen LogP contribution in [0.5, 0.6) is 11.5 Å². The minimum atomic E-state index is -1.88. The van der Waals surface area contributed by atoms with Gasteiger partial charge in [0.25, 0.3) is 17.7 Å². The topological polar surface area (TPSA) is 363 Å². The first kappa shape index (κ1) is 62.8. The van der Waals surface area contributed by atoms with Crippen LogP contribution in [0.4, 0.5) is 4.79 Å². The standard InChI is InChI=1S/C59H77N11O12/c1-6-7-11-35-14-17-37(18-15-35)38-19-21-39(22-20-38)53(74)64-31-34(4)52(73)65-43(12-8-9-26-60)57(78)69(5)48-40-23-24-46(71)41(30-40)42-28-36(16-25-47(42)82-59(80)81-32-33(2)3)29-44(66-56(77)49(61)67-55(48)76)54(75)68-50(62)58(79)70-27-10-13-45(70)51(63)72/h14-25,28,30,33-34,43-45,48-50,71H,6-13,26-27,29,31-32,60-62H2,1-5H3,(H2,63,72)(H,64,74)(H,65,73)(H,66,77)(H,67,76)(H,68,75)/t34-,43+,44+,45+,48+,49-,50-/m1/s1. The number of carbonyl (C=O) groups excluding carboxylic acids is 9. The number of carbonyl (C=O) groups is 9. The molecule has 8 amide bonds. The Morgan fingerprint density at radius 2 is 1.55 bits per heavy atom. The van der Waals surface area contributed by atoms with Crippen LogP contribution in [0.25, 0.3) is 22.3 Å². The molecule has 4 aromatic carbocycles. The molecule has 4 aromatic rings. The number of primary amides is 1. The van der Waals surface area contributed by atoms with Gasteiger partial charge >= 0.3 is 6.16 Å². The second-order valence-corrected chi connectivity index (χ2v) is 21.2. The Hall–Kier alpha value is -8.41. The van der Waals surface area contributed by atoms with Crippen molar-refractivity contribution in [2.45, 2.75) is 122 Å². The number of fused-ring (bicyclic) bond motifs is 5. The lowest BCUT2D eigenvalue weighted by molar-refractivity contribution is -0.143. The smallest absolute Gasteiger partial charge is 0.507 e. The summed E-state index contributed by atoms with van der Waals surface area (Å²) in [5, 5.41) is 24.5. The Morgan fingerprint density at radius 3 is 2.21 bits per heavy atom. The Kier molecular flexibility index (Phi) is 22.5. The number of phenolic OH excluding ortho intramolecular Hbond substituents is 1. The van der Waals surface area contributed by atoms with Gasteiger partial charge in [0.05, 0.1) is 12.5 Å². The number of likely N-dealkylation sites (tertiary alicyclic amines) is 1. The number of amides is 8. The summed E-state index contributed by atoms with van der Waals surface area (Å²) in [4.78, 5) is 126. The van der Waals surface area contributed by atoms with Crippen LogP contribution in [-0.4, -0.2) is 132 Å². The van der Waals surface area contributed by atoms with Crippen molar-refractivity contribution in [1.29, 1.82) is 0 Å². The van der Waals surface area contributed by atoms with Gasteiger partial charge in [-0.05, 0) is 122 Å². The highest BCUT2D eigenvalue weighted by atomic mass is 16.7. The predicted octanol–water partition coefficient (Wildman–Crippen LogP) is 2.74. The summed E-state index contributed by atoms with van der Waals surface area (Å²) >= 11 is 0. The number of likely N-dealkylation sites (N-methyl/N-ethyl adjacent to an activating group) is 1. The fraction of sp³-hybridized carbons (Fsp3) is 0.441. The lowest BCUT2D eigenvalue weighted by atomic mass is 9.93. The van der Waals surface area contributed by atoms with Crippen LogP contribution in [0.15, 0.2) is 84.9 Å². The third-order valence-electron chi connectivity index (χ3n) is 14.3. The van der Waals surface area contributed by atoms with Gasteiger partial charge in [-0.2, -0.15) is 0 Å². The van der Waals surface area contributed by atoms with E-state index >= 15 is 0 Å². The molecule has 0 radical (unpaired) electrons. The molecule has 82 heavy (non-hydrogen) atoms. The molecule has 2 aliphatic rings. The Labute approximate surface area is 476 Å². The summed E-state index contributed by atoms with van der Waals surface area (Å²) in [6.07, 6.45) is -0.112. The summed E-state index contributed by atoms with van der Waals surface area (Å²) < 4.78 is 11.0. The van der Waals surface area contributed by atoms with Crippen molar-refractivity contribution in [2.75, 3.05) is 33.3 Å². The molecule has 440 valence electrons. The molecular formula is C59H77N11O12. The Bertz CT molecular complexity index is 2960. The lowest BCUT2D eigenvalue weighted by Crippen LogP contribution is -2.62. The zero-order chi connectivity index (χ0) is 59.8. The first-order chi connectivity index (χ1) is 39.1. The molecule has 2 aliphatic heterocycles. The van der Waals surface area contributed by atoms with Crippen molar-refractivity contribution in [3.05, 3.63) is 107 Å². The minimum Gasteiger partial charge on any atom is -0.507 e. The zero-order valence-electron chi connectivity index (χ0n) is 47.0. The van der Waals surface area contributed by atoms with Gasteiger partial charge in [0, 0.05) is 43.2 Å². The normalized spacial score (nSPS) is 18.1. The number of aryl methyl sites for hydroxylation is 1. The zero-order valence-corrected chi connectivity index (χ0v) is 47.0. The second-order valence-electron chi connectivity index (χ2n) is 21.2. The third-order valence-corrected chi connectivity index (χ3v) is 14.3. The van der Waals surface area contributed by atoms with Crippen LogP contribution < -0.4 is 54.3 Å². The first-order valence-electron chi connectivity index (χ1n) is 27.7. The highest BCUT2D eigenvalue weighted by Gasteiger charge is 2.39. The number of nitrogens with zero attached hydrogens (tertiary/aromatic N) is 2. The molecule has 4 bridgehead atoms. The van der Waals surface area contributed by atoms with E-state index < -0.39 is 95.8 Å². The number of rotatable bonds is 22. The SMILES string of the molecule is CCCCc1ccc(-c2ccc(C(=O)NC[C@@H](C)C(=O)N[C@@H](CCCCN)C(=O)N(C)[C@@H]3C(=O)N[C@@H](N)C(=O)N[C@H](C(=O)N[C@@H](N)C(=O)N4CCC[C@H]4C(N)=O)Cc4ccc(OC(=O)OCC(C)C)c(c4)-c4cc3ccc4O)cc2)cc1. The maximum Gasteiger partial charge on any atom is 0.513 e. The molecule has 6 rings (SSSR count). The molecule has 1 fully saturated rings. The van der Waals surface area contributed by atoms with Crippen LogP contribution >= 0.6 is 0 Å². The summed E-state index contributed by atoms with van der Waals surface area (Å²) in [6, 6.07) is 18.2. The van der Waals surface area contributed by atoms with Crippen molar-refractivity contribution < 1.29 is 57.7 Å². The van der Waals surface area contributed by atoms with Crippen LogP contribution in [0, 0.1) is 11.8 Å². The largest absolute Gasteiger partial charge is 0.513 e. The van der Waals surface area contributed by atoms with Crippen molar-refractivity contribution in [1.82, 2.24) is 36.4 Å². The number of aromatic hydroxyl groups is 1. The third kappa shape index (κ3) is 16.6. The fourth-order valence-electron chi connectivity index (χ4n) is 9.61. The van der Waals surface area contributed by atoms with Gasteiger partial charge in [-0.3, -0.25) is 38.4 Å². The maximum atomic E-state index is 14.9. The van der Waals surface area contributed by atoms with Crippen molar-refractivity contribution >= 4 is 53.4 Å². The highest BCUT2D eigenvalue weighted by Crippen LogP contribution is 2.40. The Morgan fingerprint density at radius 1 is 0.854 bits per heavy atom. The molecule has 7 atom stereocenters. The molecule has 0 unspecified atom stereocenters. The highest BCUT2D eigenvalue weighted by molar-refractivity contribution is 5.98. The summed E-state index contributed by atoms with van der Waals surface area (Å²) in [5.74, 6) is -7.84. The molecule has 14 N–H and O–H groups in total. The second kappa shape index (κ2) is 29.3. The molecule has 2 heterocycles. The number of ether oxygens (including phenoxy) is 2. The molecular weight excluding hydrogens is 1050 g/mol. The molecule has 1 saturated heterocycles. The molecule has 23 heteroatoms. The minimum absolute atomic E-state index is 0.00222. The lowest BCUT2D eigenvalue weighted by Gasteiger charge is -2.33.